The Bertz CT molecular complexity index is 397. The summed E-state index contributed by atoms with van der Waals surface area (Å²) >= 11 is 6.28. The first-order valence-corrected chi connectivity index (χ1v) is 6.98. The van der Waals surface area contributed by atoms with Crippen molar-refractivity contribution in [2.45, 2.75) is 25.9 Å². The van der Waals surface area contributed by atoms with Gasteiger partial charge in [-0.15, -0.1) is 0 Å². The van der Waals surface area contributed by atoms with Crippen molar-refractivity contribution >= 4 is 17.3 Å². The predicted octanol–water partition coefficient (Wildman–Crippen LogP) is 2.46. The number of halogens is 1. The van der Waals surface area contributed by atoms with Crippen molar-refractivity contribution < 1.29 is 4.74 Å². The summed E-state index contributed by atoms with van der Waals surface area (Å²) in [5.74, 6) is 0. The maximum Gasteiger partial charge on any atom is 0.0748 e. The van der Waals surface area contributed by atoms with Crippen LogP contribution in [-0.4, -0.2) is 32.3 Å². The van der Waals surface area contributed by atoms with E-state index in [0.29, 0.717) is 12.6 Å². The highest BCUT2D eigenvalue weighted by Gasteiger charge is 2.21. The number of morpholine rings is 1. The van der Waals surface area contributed by atoms with E-state index >= 15 is 0 Å². The molecule has 0 aromatic heterocycles. The van der Waals surface area contributed by atoms with Gasteiger partial charge in [0.15, 0.2) is 0 Å². The fraction of sp³-hybridized carbons (Fsp3) is 0.571. The summed E-state index contributed by atoms with van der Waals surface area (Å²) in [4.78, 5) is 2.37. The van der Waals surface area contributed by atoms with E-state index in [-0.39, 0.29) is 0 Å². The van der Waals surface area contributed by atoms with Crippen molar-refractivity contribution in [3.8, 4) is 0 Å². The molecule has 100 valence electrons. The molecule has 1 aromatic carbocycles. The van der Waals surface area contributed by atoms with Crippen LogP contribution in [0.25, 0.3) is 0 Å². The number of rotatable bonds is 4. The van der Waals surface area contributed by atoms with Gasteiger partial charge in [0.05, 0.1) is 12.7 Å². The molecule has 18 heavy (non-hydrogen) atoms. The van der Waals surface area contributed by atoms with Crippen LogP contribution < -0.4 is 10.6 Å². The van der Waals surface area contributed by atoms with Crippen LogP contribution in [0.5, 0.6) is 0 Å². The monoisotopic (exact) mass is 268 g/mol. The van der Waals surface area contributed by atoms with E-state index in [2.05, 4.69) is 17.9 Å². The summed E-state index contributed by atoms with van der Waals surface area (Å²) in [6.07, 6.45) is 2.19. The molecule has 1 fully saturated rings. The van der Waals surface area contributed by atoms with Crippen molar-refractivity contribution in [2.24, 2.45) is 5.73 Å². The van der Waals surface area contributed by atoms with Gasteiger partial charge in [-0.1, -0.05) is 24.6 Å². The number of hydrogen-bond acceptors (Lipinski definition) is 3. The molecule has 0 saturated carbocycles. The Morgan fingerprint density at radius 1 is 1.50 bits per heavy atom. The Morgan fingerprint density at radius 2 is 2.33 bits per heavy atom. The van der Waals surface area contributed by atoms with Crippen molar-refractivity contribution in [1.29, 1.82) is 0 Å². The molecule has 1 heterocycles. The Hall–Kier alpha value is -0.770. The van der Waals surface area contributed by atoms with Crippen molar-refractivity contribution in [3.05, 3.63) is 28.8 Å². The Kier molecular flexibility index (Phi) is 4.87. The lowest BCUT2D eigenvalue weighted by molar-refractivity contribution is 0.0384. The van der Waals surface area contributed by atoms with Crippen LogP contribution >= 0.6 is 11.6 Å². The number of ether oxygens (including phenoxy) is 1. The van der Waals surface area contributed by atoms with Crippen LogP contribution in [0.4, 0.5) is 5.69 Å². The number of nitrogens with two attached hydrogens (primary N) is 1. The predicted molar refractivity (Wildman–Crippen MR) is 76.5 cm³/mol. The molecule has 1 aliphatic rings. The summed E-state index contributed by atoms with van der Waals surface area (Å²) < 4.78 is 5.71. The summed E-state index contributed by atoms with van der Waals surface area (Å²) in [5, 5.41) is 0.817. The van der Waals surface area contributed by atoms with E-state index < -0.39 is 0 Å². The SMILES string of the molecule is CCC1CN(c2cccc(Cl)c2CCN)CCO1. The molecule has 3 nitrogen and oxygen atoms in total. The molecule has 0 radical (unpaired) electrons. The average molecular weight is 269 g/mol. The molecule has 0 spiro atoms. The molecule has 0 amide bonds. The second kappa shape index (κ2) is 6.41. The summed E-state index contributed by atoms with van der Waals surface area (Å²) in [7, 11) is 0. The van der Waals surface area contributed by atoms with Gasteiger partial charge < -0.3 is 15.4 Å². The van der Waals surface area contributed by atoms with E-state index in [9.17, 15) is 0 Å². The van der Waals surface area contributed by atoms with Gasteiger partial charge in [-0.05, 0) is 37.1 Å². The van der Waals surface area contributed by atoms with Crippen LogP contribution in [0.3, 0.4) is 0 Å². The smallest absolute Gasteiger partial charge is 0.0748 e. The van der Waals surface area contributed by atoms with Gasteiger partial charge in [0.2, 0.25) is 0 Å². The molecule has 1 atom stereocenters. The molecule has 0 aliphatic carbocycles. The van der Waals surface area contributed by atoms with Crippen molar-refractivity contribution in [2.75, 3.05) is 31.1 Å². The van der Waals surface area contributed by atoms with E-state index in [1.807, 2.05) is 12.1 Å². The normalized spacial score (nSPS) is 20.2. The zero-order valence-corrected chi connectivity index (χ0v) is 11.6. The maximum atomic E-state index is 6.28. The molecule has 1 aliphatic heterocycles. The molecular weight excluding hydrogens is 248 g/mol. The highest BCUT2D eigenvalue weighted by Crippen LogP contribution is 2.29. The third-order valence-electron chi connectivity index (χ3n) is 3.42. The summed E-state index contributed by atoms with van der Waals surface area (Å²) in [6.45, 7) is 5.43. The van der Waals surface area contributed by atoms with Crippen LogP contribution in [0, 0.1) is 0 Å². The first-order chi connectivity index (χ1) is 8.76. The quantitative estimate of drug-likeness (QED) is 0.912. The minimum absolute atomic E-state index is 0.323. The second-order valence-corrected chi connectivity index (χ2v) is 5.03. The average Bonchev–Trinajstić information content (AvgIpc) is 2.41. The second-order valence-electron chi connectivity index (χ2n) is 4.62. The Balaban J connectivity index is 2.23. The molecule has 2 N–H and O–H groups in total. The van der Waals surface area contributed by atoms with E-state index in [1.54, 1.807) is 0 Å². The van der Waals surface area contributed by atoms with Gasteiger partial charge in [0.25, 0.3) is 0 Å². The molecule has 2 rings (SSSR count). The van der Waals surface area contributed by atoms with E-state index in [4.69, 9.17) is 22.1 Å². The fourth-order valence-electron chi connectivity index (χ4n) is 2.42. The van der Waals surface area contributed by atoms with Crippen LogP contribution in [0.1, 0.15) is 18.9 Å². The van der Waals surface area contributed by atoms with E-state index in [1.165, 1.54) is 11.3 Å². The van der Waals surface area contributed by atoms with Crippen molar-refractivity contribution in [3.63, 3.8) is 0 Å². The summed E-state index contributed by atoms with van der Waals surface area (Å²) in [5.41, 5.74) is 8.06. The van der Waals surface area contributed by atoms with Gasteiger partial charge in [0.1, 0.15) is 0 Å². The topological polar surface area (TPSA) is 38.5 Å². The summed E-state index contributed by atoms with van der Waals surface area (Å²) in [6, 6.07) is 6.08. The number of nitrogens with zero attached hydrogens (tertiary/aromatic N) is 1. The zero-order chi connectivity index (χ0) is 13.0. The Morgan fingerprint density at radius 3 is 3.06 bits per heavy atom. The molecule has 1 saturated heterocycles. The molecule has 0 bridgehead atoms. The standard InChI is InChI=1S/C14H21ClN2O/c1-2-11-10-17(8-9-18-11)14-5-3-4-13(15)12(14)6-7-16/h3-5,11H,2,6-10,16H2,1H3. The lowest BCUT2D eigenvalue weighted by atomic mass is 10.1. The highest BCUT2D eigenvalue weighted by molar-refractivity contribution is 6.31. The highest BCUT2D eigenvalue weighted by atomic mass is 35.5. The van der Waals surface area contributed by atoms with Gasteiger partial charge in [-0.3, -0.25) is 0 Å². The maximum absolute atomic E-state index is 6.28. The number of hydrogen-bond donors (Lipinski definition) is 1. The number of benzene rings is 1. The third-order valence-corrected chi connectivity index (χ3v) is 3.78. The van der Waals surface area contributed by atoms with Gasteiger partial charge in [-0.25, -0.2) is 0 Å². The van der Waals surface area contributed by atoms with Gasteiger partial charge in [-0.2, -0.15) is 0 Å². The minimum Gasteiger partial charge on any atom is -0.375 e. The lowest BCUT2D eigenvalue weighted by Crippen LogP contribution is -2.42. The van der Waals surface area contributed by atoms with Gasteiger partial charge in [0, 0.05) is 23.8 Å². The van der Waals surface area contributed by atoms with Gasteiger partial charge >= 0.3 is 0 Å². The third kappa shape index (κ3) is 2.97. The van der Waals surface area contributed by atoms with Crippen LogP contribution in [0.15, 0.2) is 18.2 Å². The minimum atomic E-state index is 0.323. The molecule has 1 unspecified atom stereocenters. The zero-order valence-electron chi connectivity index (χ0n) is 10.9. The molecule has 1 aromatic rings. The Labute approximate surface area is 114 Å². The van der Waals surface area contributed by atoms with Crippen molar-refractivity contribution in [1.82, 2.24) is 0 Å². The fourth-order valence-corrected chi connectivity index (χ4v) is 2.68. The molecule has 4 heteroatoms. The van der Waals surface area contributed by atoms with Crippen LogP contribution in [0.2, 0.25) is 5.02 Å². The largest absolute Gasteiger partial charge is 0.375 e. The first-order valence-electron chi connectivity index (χ1n) is 6.60. The first kappa shape index (κ1) is 13.7. The lowest BCUT2D eigenvalue weighted by Gasteiger charge is -2.35. The van der Waals surface area contributed by atoms with E-state index in [0.717, 1.165) is 37.6 Å². The molecular formula is C14H21ClN2O. The number of anilines is 1. The van der Waals surface area contributed by atoms with Crippen LogP contribution in [-0.2, 0) is 11.2 Å².